The molecule has 0 atom stereocenters. The van der Waals surface area contributed by atoms with E-state index in [1.165, 1.54) is 0 Å². The number of nitrogen functional groups attached to an aromatic ring is 1. The van der Waals surface area contributed by atoms with Crippen LogP contribution in [0.3, 0.4) is 0 Å². The van der Waals surface area contributed by atoms with E-state index >= 15 is 0 Å². The zero-order chi connectivity index (χ0) is 11.1. The molecule has 0 saturated carbocycles. The molecule has 0 amide bonds. The molecule has 0 aromatic carbocycles. The number of ether oxygens (including phenoxy) is 1. The van der Waals surface area contributed by atoms with Crippen LogP contribution in [0.15, 0.2) is 18.5 Å². The van der Waals surface area contributed by atoms with Crippen LogP contribution in [0.5, 0.6) is 0 Å². The number of hydrogen-bond acceptors (Lipinski definition) is 5. The molecular formula is C10H17N3O2. The normalized spacial score (nSPS) is 10.3. The van der Waals surface area contributed by atoms with E-state index in [-0.39, 0.29) is 6.61 Å². The number of nitrogens with zero attached hydrogens (tertiary/aromatic N) is 2. The van der Waals surface area contributed by atoms with Crippen molar-refractivity contribution in [3.05, 3.63) is 18.5 Å². The number of rotatable bonds is 6. The molecule has 0 spiro atoms. The summed E-state index contributed by atoms with van der Waals surface area (Å²) >= 11 is 0. The zero-order valence-electron chi connectivity index (χ0n) is 8.89. The highest BCUT2D eigenvalue weighted by atomic mass is 16.5. The van der Waals surface area contributed by atoms with Crippen molar-refractivity contribution in [3.8, 4) is 0 Å². The van der Waals surface area contributed by atoms with Gasteiger partial charge in [0, 0.05) is 26.4 Å². The number of methoxy groups -OCH3 is 1. The molecule has 0 bridgehead atoms. The van der Waals surface area contributed by atoms with Crippen LogP contribution in [-0.2, 0) is 4.74 Å². The minimum absolute atomic E-state index is 0.0957. The molecule has 1 aromatic rings. The lowest BCUT2D eigenvalue weighted by molar-refractivity contribution is 0.203. The van der Waals surface area contributed by atoms with Crippen molar-refractivity contribution < 1.29 is 9.84 Å². The Hall–Kier alpha value is -1.33. The van der Waals surface area contributed by atoms with Gasteiger partial charge >= 0.3 is 0 Å². The minimum Gasteiger partial charge on any atom is -0.397 e. The van der Waals surface area contributed by atoms with E-state index in [1.54, 1.807) is 19.5 Å². The number of aliphatic hydroxyl groups is 1. The predicted molar refractivity (Wildman–Crippen MR) is 59.8 cm³/mol. The first-order valence-electron chi connectivity index (χ1n) is 4.83. The largest absolute Gasteiger partial charge is 0.397 e. The Morgan fingerprint density at radius 1 is 1.47 bits per heavy atom. The van der Waals surface area contributed by atoms with E-state index in [9.17, 15) is 0 Å². The van der Waals surface area contributed by atoms with Gasteiger partial charge in [-0.1, -0.05) is 0 Å². The van der Waals surface area contributed by atoms with E-state index in [0.29, 0.717) is 25.4 Å². The quantitative estimate of drug-likeness (QED) is 0.698. The maximum atomic E-state index is 8.93. The fourth-order valence-electron chi connectivity index (χ4n) is 1.31. The van der Waals surface area contributed by atoms with Gasteiger partial charge in [-0.15, -0.1) is 0 Å². The highest BCUT2D eigenvalue weighted by Gasteiger charge is 2.05. The molecule has 84 valence electrons. The predicted octanol–water partition coefficient (Wildman–Crippen LogP) is 0.109. The molecule has 5 nitrogen and oxygen atoms in total. The van der Waals surface area contributed by atoms with Crippen molar-refractivity contribution in [2.24, 2.45) is 0 Å². The number of anilines is 2. The Bertz CT molecular complexity index is 294. The van der Waals surface area contributed by atoms with Gasteiger partial charge < -0.3 is 20.5 Å². The lowest BCUT2D eigenvalue weighted by atomic mass is 10.3. The zero-order valence-corrected chi connectivity index (χ0v) is 8.89. The summed E-state index contributed by atoms with van der Waals surface area (Å²) < 4.78 is 5.00. The molecule has 3 N–H and O–H groups in total. The van der Waals surface area contributed by atoms with Gasteiger partial charge in [0.25, 0.3) is 0 Å². The van der Waals surface area contributed by atoms with E-state index in [4.69, 9.17) is 15.6 Å². The van der Waals surface area contributed by atoms with E-state index in [0.717, 1.165) is 5.69 Å². The molecule has 0 fully saturated rings. The number of aromatic nitrogens is 1. The molecular weight excluding hydrogens is 194 g/mol. The Kier molecular flexibility index (Phi) is 4.86. The van der Waals surface area contributed by atoms with Crippen molar-refractivity contribution in [2.45, 2.75) is 0 Å². The number of nitrogens with two attached hydrogens (primary N) is 1. The van der Waals surface area contributed by atoms with Crippen molar-refractivity contribution in [3.63, 3.8) is 0 Å². The van der Waals surface area contributed by atoms with E-state index in [1.807, 2.05) is 11.0 Å². The second-order valence-electron chi connectivity index (χ2n) is 3.18. The van der Waals surface area contributed by atoms with Crippen LogP contribution in [0.4, 0.5) is 11.4 Å². The number of aliphatic hydroxyl groups excluding tert-OH is 1. The van der Waals surface area contributed by atoms with E-state index < -0.39 is 0 Å². The van der Waals surface area contributed by atoms with Crippen LogP contribution in [0.2, 0.25) is 0 Å². The molecule has 0 aliphatic rings. The SMILES string of the molecule is COCCN(CCO)c1cncc(N)c1. The second-order valence-corrected chi connectivity index (χ2v) is 3.18. The topological polar surface area (TPSA) is 71.6 Å². The maximum absolute atomic E-state index is 8.93. The molecule has 0 unspecified atom stereocenters. The first-order chi connectivity index (χ1) is 7.27. The van der Waals surface area contributed by atoms with Crippen LogP contribution in [-0.4, -0.2) is 43.5 Å². The van der Waals surface area contributed by atoms with Crippen LogP contribution < -0.4 is 10.6 Å². The molecule has 0 saturated heterocycles. The average molecular weight is 211 g/mol. The van der Waals surface area contributed by atoms with Gasteiger partial charge in [-0.05, 0) is 6.07 Å². The van der Waals surface area contributed by atoms with Gasteiger partial charge in [0.15, 0.2) is 0 Å². The molecule has 15 heavy (non-hydrogen) atoms. The third kappa shape index (κ3) is 3.73. The number of hydrogen-bond donors (Lipinski definition) is 2. The monoisotopic (exact) mass is 211 g/mol. The lowest BCUT2D eigenvalue weighted by Crippen LogP contribution is -2.30. The van der Waals surface area contributed by atoms with Crippen LogP contribution >= 0.6 is 0 Å². The van der Waals surface area contributed by atoms with Crippen LogP contribution in [0.1, 0.15) is 0 Å². The smallest absolute Gasteiger partial charge is 0.0637 e. The highest BCUT2D eigenvalue weighted by Crippen LogP contribution is 2.14. The number of pyridine rings is 1. The summed E-state index contributed by atoms with van der Waals surface area (Å²) in [4.78, 5) is 5.99. The van der Waals surface area contributed by atoms with Crippen molar-refractivity contribution in [1.82, 2.24) is 4.98 Å². The van der Waals surface area contributed by atoms with Crippen molar-refractivity contribution >= 4 is 11.4 Å². The summed E-state index contributed by atoms with van der Waals surface area (Å²) in [6.07, 6.45) is 3.32. The van der Waals surface area contributed by atoms with Gasteiger partial charge in [-0.2, -0.15) is 0 Å². The van der Waals surface area contributed by atoms with E-state index in [2.05, 4.69) is 4.98 Å². The fourth-order valence-corrected chi connectivity index (χ4v) is 1.31. The maximum Gasteiger partial charge on any atom is 0.0637 e. The average Bonchev–Trinajstić information content (AvgIpc) is 2.24. The third-order valence-corrected chi connectivity index (χ3v) is 2.05. The van der Waals surface area contributed by atoms with Crippen molar-refractivity contribution in [1.29, 1.82) is 0 Å². The van der Waals surface area contributed by atoms with Crippen LogP contribution in [0, 0.1) is 0 Å². The van der Waals surface area contributed by atoms with Gasteiger partial charge in [0.1, 0.15) is 0 Å². The molecule has 1 aromatic heterocycles. The molecule has 5 heteroatoms. The summed E-state index contributed by atoms with van der Waals surface area (Å²) in [5.74, 6) is 0. The van der Waals surface area contributed by atoms with Gasteiger partial charge in [-0.25, -0.2) is 0 Å². The Balaban J connectivity index is 2.69. The minimum atomic E-state index is 0.0957. The Labute approximate surface area is 89.5 Å². The second kappa shape index (κ2) is 6.21. The summed E-state index contributed by atoms with van der Waals surface area (Å²) in [5, 5.41) is 8.93. The molecule has 0 aliphatic heterocycles. The summed E-state index contributed by atoms with van der Waals surface area (Å²) in [5.41, 5.74) is 7.16. The highest BCUT2D eigenvalue weighted by molar-refractivity contribution is 5.53. The summed E-state index contributed by atoms with van der Waals surface area (Å²) in [6.45, 7) is 1.96. The first kappa shape index (κ1) is 11.7. The Morgan fingerprint density at radius 3 is 2.87 bits per heavy atom. The third-order valence-electron chi connectivity index (χ3n) is 2.05. The van der Waals surface area contributed by atoms with Gasteiger partial charge in [0.05, 0.1) is 30.8 Å². The van der Waals surface area contributed by atoms with Crippen molar-refractivity contribution in [2.75, 3.05) is 44.0 Å². The standard InChI is InChI=1S/C10H17N3O2/c1-15-5-3-13(2-4-14)10-6-9(11)7-12-8-10/h6-8,14H,2-5,11H2,1H3. The molecule has 1 rings (SSSR count). The summed E-state index contributed by atoms with van der Waals surface area (Å²) in [7, 11) is 1.65. The summed E-state index contributed by atoms with van der Waals surface area (Å²) in [6, 6.07) is 1.83. The van der Waals surface area contributed by atoms with Gasteiger partial charge in [0.2, 0.25) is 0 Å². The molecule has 0 radical (unpaired) electrons. The first-order valence-corrected chi connectivity index (χ1v) is 4.83. The fraction of sp³-hybridized carbons (Fsp3) is 0.500. The van der Waals surface area contributed by atoms with Gasteiger partial charge in [-0.3, -0.25) is 4.98 Å². The molecule has 1 heterocycles. The van der Waals surface area contributed by atoms with Crippen LogP contribution in [0.25, 0.3) is 0 Å². The Morgan fingerprint density at radius 2 is 2.27 bits per heavy atom. The molecule has 0 aliphatic carbocycles. The lowest BCUT2D eigenvalue weighted by Gasteiger charge is -2.23.